The minimum absolute atomic E-state index is 0.143. The molecule has 0 unspecified atom stereocenters. The standard InChI is InChI=1S/C17H28N2O2/c1-4-21-16-8-6-5-7-15(16)13-18-14-17(2,3)19-9-11-20-12-10-19/h5-8,18H,4,9-14H2,1-3H3. The van der Waals surface area contributed by atoms with Crippen molar-refractivity contribution in [2.45, 2.75) is 32.9 Å². The molecule has 1 saturated heterocycles. The summed E-state index contributed by atoms with van der Waals surface area (Å²) in [5, 5.41) is 3.58. The summed E-state index contributed by atoms with van der Waals surface area (Å²) in [6.07, 6.45) is 0. The van der Waals surface area contributed by atoms with Crippen molar-refractivity contribution >= 4 is 0 Å². The second-order valence-electron chi connectivity index (χ2n) is 6.06. The lowest BCUT2D eigenvalue weighted by atomic mass is 10.0. The van der Waals surface area contributed by atoms with E-state index >= 15 is 0 Å². The summed E-state index contributed by atoms with van der Waals surface area (Å²) < 4.78 is 11.1. The molecule has 0 radical (unpaired) electrons. The van der Waals surface area contributed by atoms with Crippen molar-refractivity contribution in [1.82, 2.24) is 10.2 Å². The molecule has 1 heterocycles. The molecular weight excluding hydrogens is 264 g/mol. The molecule has 118 valence electrons. The highest BCUT2D eigenvalue weighted by Crippen LogP contribution is 2.19. The first-order valence-corrected chi connectivity index (χ1v) is 7.87. The van der Waals surface area contributed by atoms with Gasteiger partial charge in [0, 0.05) is 37.3 Å². The maximum absolute atomic E-state index is 5.67. The lowest BCUT2D eigenvalue weighted by Crippen LogP contribution is -2.54. The molecule has 1 aliphatic heterocycles. The molecule has 1 aliphatic rings. The van der Waals surface area contributed by atoms with Gasteiger partial charge in [-0.05, 0) is 26.8 Å². The van der Waals surface area contributed by atoms with Gasteiger partial charge < -0.3 is 14.8 Å². The van der Waals surface area contributed by atoms with E-state index in [0.717, 1.165) is 45.1 Å². The van der Waals surface area contributed by atoms with Crippen LogP contribution in [-0.2, 0) is 11.3 Å². The van der Waals surface area contributed by atoms with Crippen molar-refractivity contribution in [3.63, 3.8) is 0 Å². The Morgan fingerprint density at radius 1 is 1.24 bits per heavy atom. The number of rotatable bonds is 7. The second-order valence-corrected chi connectivity index (χ2v) is 6.06. The van der Waals surface area contributed by atoms with Crippen molar-refractivity contribution in [3.8, 4) is 5.75 Å². The Balaban J connectivity index is 1.85. The average molecular weight is 292 g/mol. The lowest BCUT2D eigenvalue weighted by molar-refractivity contribution is -0.00968. The number of ether oxygens (including phenoxy) is 2. The highest BCUT2D eigenvalue weighted by atomic mass is 16.5. The summed E-state index contributed by atoms with van der Waals surface area (Å²) in [5.74, 6) is 0.983. The van der Waals surface area contributed by atoms with Crippen molar-refractivity contribution in [3.05, 3.63) is 29.8 Å². The molecule has 2 rings (SSSR count). The summed E-state index contributed by atoms with van der Waals surface area (Å²) >= 11 is 0. The molecule has 1 N–H and O–H groups in total. The molecule has 4 heteroatoms. The van der Waals surface area contributed by atoms with Gasteiger partial charge in [-0.3, -0.25) is 4.90 Å². The number of para-hydroxylation sites is 1. The minimum atomic E-state index is 0.143. The zero-order valence-electron chi connectivity index (χ0n) is 13.5. The van der Waals surface area contributed by atoms with Crippen LogP contribution in [0.4, 0.5) is 0 Å². The van der Waals surface area contributed by atoms with Gasteiger partial charge >= 0.3 is 0 Å². The molecule has 0 spiro atoms. The Morgan fingerprint density at radius 3 is 2.67 bits per heavy atom. The Hall–Kier alpha value is -1.10. The fourth-order valence-electron chi connectivity index (χ4n) is 2.73. The second kappa shape index (κ2) is 7.78. The average Bonchev–Trinajstić information content (AvgIpc) is 2.50. The molecule has 1 aromatic carbocycles. The van der Waals surface area contributed by atoms with Crippen LogP contribution in [0.25, 0.3) is 0 Å². The molecule has 21 heavy (non-hydrogen) atoms. The largest absolute Gasteiger partial charge is 0.494 e. The number of nitrogens with zero attached hydrogens (tertiary/aromatic N) is 1. The first kappa shape index (κ1) is 16.3. The van der Waals surface area contributed by atoms with Gasteiger partial charge in [-0.2, -0.15) is 0 Å². The van der Waals surface area contributed by atoms with Gasteiger partial charge in [0.05, 0.1) is 19.8 Å². The summed E-state index contributed by atoms with van der Waals surface area (Å²) in [7, 11) is 0. The van der Waals surface area contributed by atoms with Crippen LogP contribution < -0.4 is 10.1 Å². The number of morpholine rings is 1. The number of nitrogens with one attached hydrogen (secondary N) is 1. The lowest BCUT2D eigenvalue weighted by Gasteiger charge is -2.41. The van der Waals surface area contributed by atoms with Gasteiger partial charge in [-0.1, -0.05) is 18.2 Å². The third-order valence-corrected chi connectivity index (χ3v) is 4.01. The van der Waals surface area contributed by atoms with Crippen LogP contribution >= 0.6 is 0 Å². The van der Waals surface area contributed by atoms with E-state index in [-0.39, 0.29) is 5.54 Å². The van der Waals surface area contributed by atoms with E-state index in [9.17, 15) is 0 Å². The molecule has 1 fully saturated rings. The topological polar surface area (TPSA) is 33.7 Å². The number of benzene rings is 1. The Kier molecular flexibility index (Phi) is 6.03. The zero-order valence-corrected chi connectivity index (χ0v) is 13.5. The zero-order chi connectivity index (χ0) is 15.1. The molecule has 1 aromatic rings. The van der Waals surface area contributed by atoms with E-state index < -0.39 is 0 Å². The summed E-state index contributed by atoms with van der Waals surface area (Å²) in [6.45, 7) is 12.8. The third-order valence-electron chi connectivity index (χ3n) is 4.01. The van der Waals surface area contributed by atoms with E-state index in [4.69, 9.17) is 9.47 Å². The quantitative estimate of drug-likeness (QED) is 0.836. The molecule has 0 bridgehead atoms. The smallest absolute Gasteiger partial charge is 0.123 e. The van der Waals surface area contributed by atoms with Crippen molar-refractivity contribution in [1.29, 1.82) is 0 Å². The van der Waals surface area contributed by atoms with Gasteiger partial charge in [0.25, 0.3) is 0 Å². The van der Waals surface area contributed by atoms with Crippen LogP contribution in [0.5, 0.6) is 5.75 Å². The monoisotopic (exact) mass is 292 g/mol. The van der Waals surface area contributed by atoms with E-state index in [1.165, 1.54) is 5.56 Å². The summed E-state index contributed by atoms with van der Waals surface area (Å²) in [6, 6.07) is 8.24. The summed E-state index contributed by atoms with van der Waals surface area (Å²) in [5.41, 5.74) is 1.36. The van der Waals surface area contributed by atoms with E-state index in [2.05, 4.69) is 36.2 Å². The highest BCUT2D eigenvalue weighted by molar-refractivity contribution is 5.33. The Labute approximate surface area is 128 Å². The highest BCUT2D eigenvalue weighted by Gasteiger charge is 2.27. The van der Waals surface area contributed by atoms with Crippen molar-refractivity contribution in [2.24, 2.45) is 0 Å². The molecular formula is C17H28N2O2. The maximum Gasteiger partial charge on any atom is 0.123 e. The summed E-state index contributed by atoms with van der Waals surface area (Å²) in [4.78, 5) is 2.50. The Bertz CT molecular complexity index is 429. The minimum Gasteiger partial charge on any atom is -0.494 e. The number of hydrogen-bond donors (Lipinski definition) is 1. The van der Waals surface area contributed by atoms with E-state index in [1.807, 2.05) is 19.1 Å². The van der Waals surface area contributed by atoms with Gasteiger partial charge in [0.15, 0.2) is 0 Å². The van der Waals surface area contributed by atoms with Crippen LogP contribution in [0.2, 0.25) is 0 Å². The molecule has 4 nitrogen and oxygen atoms in total. The van der Waals surface area contributed by atoms with Crippen LogP contribution in [-0.4, -0.2) is 49.9 Å². The SMILES string of the molecule is CCOc1ccccc1CNCC(C)(C)N1CCOCC1. The first-order chi connectivity index (χ1) is 10.1. The van der Waals surface area contributed by atoms with E-state index in [1.54, 1.807) is 0 Å². The molecule has 0 aromatic heterocycles. The van der Waals surface area contributed by atoms with Gasteiger partial charge in [-0.25, -0.2) is 0 Å². The van der Waals surface area contributed by atoms with Crippen LogP contribution in [0.1, 0.15) is 26.3 Å². The fraction of sp³-hybridized carbons (Fsp3) is 0.647. The van der Waals surface area contributed by atoms with Gasteiger partial charge in [0.2, 0.25) is 0 Å². The molecule has 0 saturated carbocycles. The van der Waals surface area contributed by atoms with Crippen molar-refractivity contribution in [2.75, 3.05) is 39.5 Å². The molecule has 0 aliphatic carbocycles. The number of hydrogen-bond acceptors (Lipinski definition) is 4. The van der Waals surface area contributed by atoms with Crippen LogP contribution in [0.15, 0.2) is 24.3 Å². The fourth-order valence-corrected chi connectivity index (χ4v) is 2.73. The first-order valence-electron chi connectivity index (χ1n) is 7.87. The van der Waals surface area contributed by atoms with Gasteiger partial charge in [-0.15, -0.1) is 0 Å². The molecule has 0 amide bonds. The predicted octanol–water partition coefficient (Wildman–Crippen LogP) is 2.29. The van der Waals surface area contributed by atoms with Crippen LogP contribution in [0.3, 0.4) is 0 Å². The van der Waals surface area contributed by atoms with Gasteiger partial charge in [0.1, 0.15) is 5.75 Å². The third kappa shape index (κ3) is 4.70. The maximum atomic E-state index is 5.67. The van der Waals surface area contributed by atoms with Crippen molar-refractivity contribution < 1.29 is 9.47 Å². The molecule has 0 atom stereocenters. The van der Waals surface area contributed by atoms with Crippen LogP contribution in [0, 0.1) is 0 Å². The Morgan fingerprint density at radius 2 is 1.95 bits per heavy atom. The predicted molar refractivity (Wildman–Crippen MR) is 85.8 cm³/mol. The normalized spacial score (nSPS) is 16.9. The van der Waals surface area contributed by atoms with E-state index in [0.29, 0.717) is 6.61 Å².